The summed E-state index contributed by atoms with van der Waals surface area (Å²) in [6, 6.07) is 12.1. The average Bonchev–Trinajstić information content (AvgIpc) is 3.35. The number of benzene rings is 1. The summed E-state index contributed by atoms with van der Waals surface area (Å²) >= 11 is 1.66. The highest BCUT2D eigenvalue weighted by molar-refractivity contribution is 7.10. The van der Waals surface area contributed by atoms with Crippen molar-refractivity contribution in [3.63, 3.8) is 0 Å². The molecule has 2 aromatic rings. The Kier molecular flexibility index (Phi) is 5.30. The van der Waals surface area contributed by atoms with Gasteiger partial charge in [-0.1, -0.05) is 30.3 Å². The summed E-state index contributed by atoms with van der Waals surface area (Å²) in [5, 5.41) is 7.85. The van der Waals surface area contributed by atoms with Crippen molar-refractivity contribution in [1.82, 2.24) is 10.6 Å². The maximum atomic E-state index is 12.3. The molecule has 0 radical (unpaired) electrons. The lowest BCUT2D eigenvalue weighted by Gasteiger charge is -2.19. The van der Waals surface area contributed by atoms with Gasteiger partial charge in [0.1, 0.15) is 0 Å². The van der Waals surface area contributed by atoms with Gasteiger partial charge in [-0.3, -0.25) is 9.59 Å². The van der Waals surface area contributed by atoms with E-state index in [4.69, 9.17) is 0 Å². The van der Waals surface area contributed by atoms with Crippen LogP contribution in [-0.2, 0) is 16.0 Å². The van der Waals surface area contributed by atoms with Gasteiger partial charge in [0.2, 0.25) is 11.8 Å². The third kappa shape index (κ3) is 4.45. The smallest absolute Gasteiger partial charge is 0.239 e. The normalized spacial score (nSPS) is 14.9. The molecule has 1 heterocycles. The van der Waals surface area contributed by atoms with Gasteiger partial charge in [-0.25, -0.2) is 0 Å². The lowest BCUT2D eigenvalue weighted by atomic mass is 10.0. The summed E-state index contributed by atoms with van der Waals surface area (Å²) in [6.45, 7) is 2.11. The van der Waals surface area contributed by atoms with Gasteiger partial charge in [-0.2, -0.15) is 0 Å². The highest BCUT2D eigenvalue weighted by Gasteiger charge is 2.29. The molecule has 5 heteroatoms. The van der Waals surface area contributed by atoms with Crippen LogP contribution in [0.15, 0.2) is 41.8 Å². The Balaban J connectivity index is 1.64. The highest BCUT2D eigenvalue weighted by Crippen LogP contribution is 2.29. The van der Waals surface area contributed by atoms with Gasteiger partial charge in [0.15, 0.2) is 0 Å². The Labute approximate surface area is 146 Å². The molecule has 1 aliphatic rings. The lowest BCUT2D eigenvalue weighted by Crippen LogP contribution is -2.39. The second-order valence-electron chi connectivity index (χ2n) is 6.27. The van der Waals surface area contributed by atoms with Crippen molar-refractivity contribution >= 4 is 23.2 Å². The predicted octanol–water partition coefficient (Wildman–Crippen LogP) is 2.98. The second kappa shape index (κ2) is 7.62. The van der Waals surface area contributed by atoms with E-state index in [9.17, 15) is 9.59 Å². The molecule has 1 atom stereocenters. The number of carbonyl (C=O) groups excluding carboxylic acids is 2. The summed E-state index contributed by atoms with van der Waals surface area (Å²) < 4.78 is 0. The van der Waals surface area contributed by atoms with Crippen molar-refractivity contribution in [2.24, 2.45) is 5.92 Å². The molecule has 0 bridgehead atoms. The van der Waals surface area contributed by atoms with Gasteiger partial charge in [-0.05, 0) is 48.8 Å². The van der Waals surface area contributed by atoms with Crippen molar-refractivity contribution in [2.45, 2.75) is 32.2 Å². The first kappa shape index (κ1) is 16.7. The third-order valence-corrected chi connectivity index (χ3v) is 5.34. The van der Waals surface area contributed by atoms with E-state index >= 15 is 0 Å². The van der Waals surface area contributed by atoms with E-state index in [1.54, 1.807) is 11.3 Å². The number of carbonyl (C=O) groups is 2. The molecule has 0 saturated heterocycles. The first-order valence-electron chi connectivity index (χ1n) is 8.28. The fourth-order valence-corrected chi connectivity index (χ4v) is 3.68. The molecule has 1 unspecified atom stereocenters. The number of hydrogen-bond donors (Lipinski definition) is 2. The van der Waals surface area contributed by atoms with E-state index in [0.717, 1.165) is 19.3 Å². The fourth-order valence-electron chi connectivity index (χ4n) is 2.70. The molecule has 24 heavy (non-hydrogen) atoms. The van der Waals surface area contributed by atoms with E-state index in [1.807, 2.05) is 23.6 Å². The zero-order valence-electron chi connectivity index (χ0n) is 13.7. The van der Waals surface area contributed by atoms with Crippen LogP contribution in [0.1, 0.15) is 34.9 Å². The van der Waals surface area contributed by atoms with Crippen LogP contribution < -0.4 is 10.6 Å². The largest absolute Gasteiger partial charge is 0.347 e. The Bertz CT molecular complexity index is 707. The monoisotopic (exact) mass is 342 g/mol. The molecule has 4 nitrogen and oxygen atoms in total. The van der Waals surface area contributed by atoms with Crippen molar-refractivity contribution in [3.8, 4) is 0 Å². The van der Waals surface area contributed by atoms with Gasteiger partial charge >= 0.3 is 0 Å². The summed E-state index contributed by atoms with van der Waals surface area (Å²) in [6.07, 6.45) is 2.63. The zero-order chi connectivity index (χ0) is 16.9. The molecule has 0 aliphatic heterocycles. The van der Waals surface area contributed by atoms with E-state index < -0.39 is 0 Å². The molecule has 1 fully saturated rings. The Morgan fingerprint density at radius 2 is 1.96 bits per heavy atom. The maximum absolute atomic E-state index is 12.3. The number of amides is 2. The topological polar surface area (TPSA) is 58.2 Å². The highest BCUT2D eigenvalue weighted by atomic mass is 32.1. The van der Waals surface area contributed by atoms with Crippen LogP contribution in [0.2, 0.25) is 0 Å². The first-order chi connectivity index (χ1) is 11.6. The molecular formula is C19H22N2O2S. The Morgan fingerprint density at radius 1 is 1.21 bits per heavy atom. The number of nitrogens with one attached hydrogen (secondary N) is 2. The van der Waals surface area contributed by atoms with Gasteiger partial charge in [0.05, 0.1) is 12.6 Å². The van der Waals surface area contributed by atoms with Gasteiger partial charge in [0.25, 0.3) is 0 Å². The summed E-state index contributed by atoms with van der Waals surface area (Å²) in [7, 11) is 0. The molecule has 126 valence electrons. The third-order valence-electron chi connectivity index (χ3n) is 4.21. The number of rotatable bonds is 7. The molecule has 2 N–H and O–H groups in total. The van der Waals surface area contributed by atoms with Crippen LogP contribution >= 0.6 is 11.3 Å². The summed E-state index contributed by atoms with van der Waals surface area (Å²) in [4.78, 5) is 25.1. The quantitative estimate of drug-likeness (QED) is 0.813. The van der Waals surface area contributed by atoms with E-state index in [2.05, 4.69) is 35.8 Å². The van der Waals surface area contributed by atoms with Gasteiger partial charge in [0, 0.05) is 10.8 Å². The van der Waals surface area contributed by atoms with Gasteiger partial charge < -0.3 is 10.6 Å². The van der Waals surface area contributed by atoms with E-state index in [1.165, 1.54) is 16.0 Å². The Hall–Kier alpha value is -2.14. The first-order valence-corrected chi connectivity index (χ1v) is 9.16. The molecule has 0 spiro atoms. The molecule has 1 aromatic heterocycles. The number of hydrogen-bond acceptors (Lipinski definition) is 3. The minimum absolute atomic E-state index is 0.00272. The van der Waals surface area contributed by atoms with Crippen molar-refractivity contribution in [3.05, 3.63) is 57.8 Å². The molecular weight excluding hydrogens is 320 g/mol. The molecule has 1 saturated carbocycles. The average molecular weight is 342 g/mol. The van der Waals surface area contributed by atoms with E-state index in [-0.39, 0.29) is 30.3 Å². The SMILES string of the molecule is Cc1ccsc1C(Cc1ccccc1)NC(=O)CNC(=O)C1CC1. The van der Waals surface area contributed by atoms with Crippen LogP contribution in [0.3, 0.4) is 0 Å². The summed E-state index contributed by atoms with van der Waals surface area (Å²) in [5.74, 6) is -0.0211. The number of thiophene rings is 1. The van der Waals surface area contributed by atoms with Gasteiger partial charge in [-0.15, -0.1) is 11.3 Å². The Morgan fingerprint density at radius 3 is 2.58 bits per heavy atom. The molecule has 2 amide bonds. The standard InChI is InChI=1S/C19H22N2O2S/c1-13-9-10-24-18(13)16(11-14-5-3-2-4-6-14)21-17(22)12-20-19(23)15-7-8-15/h2-6,9-10,15-16H,7-8,11-12H2,1H3,(H,20,23)(H,21,22). The molecule has 3 rings (SSSR count). The summed E-state index contributed by atoms with van der Waals surface area (Å²) in [5.41, 5.74) is 2.36. The lowest BCUT2D eigenvalue weighted by molar-refractivity contribution is -0.127. The van der Waals surface area contributed by atoms with E-state index in [0.29, 0.717) is 0 Å². The predicted molar refractivity (Wildman–Crippen MR) is 95.8 cm³/mol. The molecule has 1 aromatic carbocycles. The minimum Gasteiger partial charge on any atom is -0.347 e. The van der Waals surface area contributed by atoms with Crippen LogP contribution in [0, 0.1) is 12.8 Å². The van der Waals surface area contributed by atoms with Crippen molar-refractivity contribution < 1.29 is 9.59 Å². The number of aryl methyl sites for hydroxylation is 1. The van der Waals surface area contributed by atoms with Crippen molar-refractivity contribution in [2.75, 3.05) is 6.54 Å². The fraction of sp³-hybridized carbons (Fsp3) is 0.368. The minimum atomic E-state index is -0.141. The maximum Gasteiger partial charge on any atom is 0.239 e. The second-order valence-corrected chi connectivity index (χ2v) is 7.22. The van der Waals surface area contributed by atoms with Crippen LogP contribution in [0.5, 0.6) is 0 Å². The van der Waals surface area contributed by atoms with Crippen LogP contribution in [0.25, 0.3) is 0 Å². The van der Waals surface area contributed by atoms with Crippen LogP contribution in [-0.4, -0.2) is 18.4 Å². The van der Waals surface area contributed by atoms with Crippen molar-refractivity contribution in [1.29, 1.82) is 0 Å². The molecule has 1 aliphatic carbocycles. The van der Waals surface area contributed by atoms with Crippen LogP contribution in [0.4, 0.5) is 0 Å². The zero-order valence-corrected chi connectivity index (χ0v) is 14.6.